The molecule has 0 radical (unpaired) electrons. The molecule has 0 spiro atoms. The Morgan fingerprint density at radius 2 is 1.89 bits per heavy atom. The Bertz CT molecular complexity index is 711. The highest BCUT2D eigenvalue weighted by molar-refractivity contribution is 5.91. The molecule has 0 aromatic rings. The molecule has 28 heavy (non-hydrogen) atoms. The van der Waals surface area contributed by atoms with Crippen LogP contribution in [-0.4, -0.2) is 27.6 Å². The number of aliphatic hydroxyl groups is 1. The molecule has 0 heterocycles. The van der Waals surface area contributed by atoms with Gasteiger partial charge in [0.2, 0.25) is 0 Å². The van der Waals surface area contributed by atoms with E-state index >= 15 is 0 Å². The molecule has 156 valence electrons. The van der Waals surface area contributed by atoms with Gasteiger partial charge in [-0.15, -0.1) is 0 Å². The van der Waals surface area contributed by atoms with Gasteiger partial charge in [-0.1, -0.05) is 26.3 Å². The van der Waals surface area contributed by atoms with Crippen LogP contribution in [0.15, 0.2) is 11.6 Å². The standard InChI is InChI=1S/C24H36O4/c1-4-15-13-17-18(22(2)9-5-16(25)14-20(15)22)6-10-23(3)19(17)7-11-24(23,28)12-8-21(26)27/h14-15,17-19,28H,4-13H2,1-3H3,(H,26,27)/t15?,17-,18+,19+,22-,23+,24+/m1/s1. The summed E-state index contributed by atoms with van der Waals surface area (Å²) in [6.45, 7) is 6.88. The molecule has 0 aromatic carbocycles. The Labute approximate surface area is 168 Å². The van der Waals surface area contributed by atoms with Gasteiger partial charge in [-0.25, -0.2) is 0 Å². The molecule has 4 aliphatic rings. The molecule has 3 saturated carbocycles. The second-order valence-electron chi connectivity index (χ2n) is 10.6. The van der Waals surface area contributed by atoms with E-state index in [1.54, 1.807) is 0 Å². The van der Waals surface area contributed by atoms with E-state index in [4.69, 9.17) is 5.11 Å². The second kappa shape index (κ2) is 6.68. The predicted octanol–water partition coefficient (Wildman–Crippen LogP) is 4.75. The van der Waals surface area contributed by atoms with Crippen molar-refractivity contribution in [2.24, 2.45) is 34.5 Å². The maximum absolute atomic E-state index is 12.2. The van der Waals surface area contributed by atoms with Crippen LogP contribution >= 0.6 is 0 Å². The first-order valence-corrected chi connectivity index (χ1v) is 11.3. The van der Waals surface area contributed by atoms with Gasteiger partial charge in [0, 0.05) is 12.8 Å². The smallest absolute Gasteiger partial charge is 0.303 e. The van der Waals surface area contributed by atoms with Crippen molar-refractivity contribution in [1.82, 2.24) is 0 Å². The van der Waals surface area contributed by atoms with Crippen molar-refractivity contribution in [1.29, 1.82) is 0 Å². The molecule has 7 atom stereocenters. The van der Waals surface area contributed by atoms with Crippen molar-refractivity contribution in [3.63, 3.8) is 0 Å². The zero-order valence-electron chi connectivity index (χ0n) is 17.7. The molecule has 0 aliphatic heterocycles. The van der Waals surface area contributed by atoms with Crippen LogP contribution in [0.4, 0.5) is 0 Å². The van der Waals surface area contributed by atoms with E-state index in [1.165, 1.54) is 5.57 Å². The molecular formula is C24H36O4. The molecule has 2 N–H and O–H groups in total. The first-order valence-electron chi connectivity index (χ1n) is 11.3. The summed E-state index contributed by atoms with van der Waals surface area (Å²) < 4.78 is 0. The highest BCUT2D eigenvalue weighted by Crippen LogP contribution is 2.69. The average Bonchev–Trinajstić information content (AvgIpc) is 2.92. The minimum absolute atomic E-state index is 0.0528. The summed E-state index contributed by atoms with van der Waals surface area (Å²) in [5, 5.41) is 20.7. The Morgan fingerprint density at radius 3 is 2.57 bits per heavy atom. The van der Waals surface area contributed by atoms with Crippen molar-refractivity contribution in [3.05, 3.63) is 11.6 Å². The van der Waals surface area contributed by atoms with Gasteiger partial charge in [-0.2, -0.15) is 0 Å². The van der Waals surface area contributed by atoms with Gasteiger partial charge >= 0.3 is 5.97 Å². The van der Waals surface area contributed by atoms with E-state index < -0.39 is 11.6 Å². The molecule has 0 amide bonds. The van der Waals surface area contributed by atoms with E-state index in [9.17, 15) is 14.7 Å². The number of fused-ring (bicyclic) bond motifs is 5. The normalized spacial score (nSPS) is 47.7. The van der Waals surface area contributed by atoms with Crippen molar-refractivity contribution in [2.45, 2.75) is 90.6 Å². The Hall–Kier alpha value is -1.16. The third kappa shape index (κ3) is 2.74. The molecule has 4 heteroatoms. The van der Waals surface area contributed by atoms with Gasteiger partial charge in [0.25, 0.3) is 0 Å². The Balaban J connectivity index is 1.66. The maximum Gasteiger partial charge on any atom is 0.303 e. The van der Waals surface area contributed by atoms with Gasteiger partial charge < -0.3 is 10.2 Å². The van der Waals surface area contributed by atoms with Gasteiger partial charge in [0.15, 0.2) is 5.78 Å². The van der Waals surface area contributed by atoms with Crippen molar-refractivity contribution in [3.8, 4) is 0 Å². The maximum atomic E-state index is 12.2. The fourth-order valence-electron chi connectivity index (χ4n) is 8.01. The average molecular weight is 389 g/mol. The number of carboxylic acid groups (broad SMARTS) is 1. The molecule has 0 saturated heterocycles. The van der Waals surface area contributed by atoms with Crippen LogP contribution < -0.4 is 0 Å². The summed E-state index contributed by atoms with van der Waals surface area (Å²) in [5.74, 6) is 1.61. The minimum Gasteiger partial charge on any atom is -0.481 e. The molecule has 3 fully saturated rings. The van der Waals surface area contributed by atoms with Crippen molar-refractivity contribution >= 4 is 11.8 Å². The van der Waals surface area contributed by atoms with Gasteiger partial charge in [0.05, 0.1) is 5.60 Å². The minimum atomic E-state index is -0.845. The Morgan fingerprint density at radius 1 is 1.18 bits per heavy atom. The molecule has 4 rings (SSSR count). The molecule has 0 bridgehead atoms. The fraction of sp³-hybridized carbons (Fsp3) is 0.833. The second-order valence-corrected chi connectivity index (χ2v) is 10.6. The summed E-state index contributed by atoms with van der Waals surface area (Å²) in [5.41, 5.74) is 0.516. The number of rotatable bonds is 4. The van der Waals surface area contributed by atoms with E-state index in [2.05, 4.69) is 20.8 Å². The third-order valence-corrected chi connectivity index (χ3v) is 9.69. The highest BCUT2D eigenvalue weighted by atomic mass is 16.4. The van der Waals surface area contributed by atoms with E-state index in [-0.39, 0.29) is 17.3 Å². The van der Waals surface area contributed by atoms with Crippen LogP contribution in [0.25, 0.3) is 0 Å². The summed E-state index contributed by atoms with van der Waals surface area (Å²) >= 11 is 0. The number of hydrogen-bond donors (Lipinski definition) is 2. The zero-order valence-corrected chi connectivity index (χ0v) is 17.7. The van der Waals surface area contributed by atoms with E-state index in [0.29, 0.717) is 42.3 Å². The van der Waals surface area contributed by atoms with Crippen LogP contribution in [-0.2, 0) is 9.59 Å². The lowest BCUT2D eigenvalue weighted by atomic mass is 9.44. The van der Waals surface area contributed by atoms with Crippen LogP contribution in [0.3, 0.4) is 0 Å². The lowest BCUT2D eigenvalue weighted by Crippen LogP contribution is -2.56. The molecular weight excluding hydrogens is 352 g/mol. The number of carbonyl (C=O) groups is 2. The third-order valence-electron chi connectivity index (χ3n) is 9.69. The number of carbonyl (C=O) groups excluding carboxylic acids is 1. The highest BCUT2D eigenvalue weighted by Gasteiger charge is 2.64. The first kappa shape index (κ1) is 20.1. The number of aliphatic carboxylic acids is 1. The lowest BCUT2D eigenvalue weighted by molar-refractivity contribution is -0.148. The van der Waals surface area contributed by atoms with Crippen molar-refractivity contribution < 1.29 is 19.8 Å². The monoisotopic (exact) mass is 388 g/mol. The Kier molecular flexibility index (Phi) is 4.80. The van der Waals surface area contributed by atoms with Gasteiger partial charge in [0.1, 0.15) is 0 Å². The molecule has 0 aromatic heterocycles. The zero-order chi connectivity index (χ0) is 20.3. The number of hydrogen-bond acceptors (Lipinski definition) is 3. The van der Waals surface area contributed by atoms with Crippen LogP contribution in [0.2, 0.25) is 0 Å². The fourth-order valence-corrected chi connectivity index (χ4v) is 8.01. The van der Waals surface area contributed by atoms with Crippen LogP contribution in [0.1, 0.15) is 85.0 Å². The SMILES string of the molecule is CCC1C[C@@H]2[C@H](CC[C@@]3(C)[C@H]2CC[C@]3(O)CCC(=O)O)[C@@]2(C)CCC(=O)C=C12. The number of carboxylic acids is 1. The number of allylic oxidation sites excluding steroid dienone is 1. The molecule has 4 nitrogen and oxygen atoms in total. The van der Waals surface area contributed by atoms with E-state index in [1.807, 2.05) is 6.08 Å². The van der Waals surface area contributed by atoms with E-state index in [0.717, 1.165) is 44.9 Å². The van der Waals surface area contributed by atoms with Gasteiger partial charge in [-0.05, 0) is 91.9 Å². The molecule has 4 aliphatic carbocycles. The first-order chi connectivity index (χ1) is 13.1. The predicted molar refractivity (Wildman–Crippen MR) is 108 cm³/mol. The molecule has 1 unspecified atom stereocenters. The summed E-state index contributed by atoms with van der Waals surface area (Å²) in [6.07, 6.45) is 10.1. The van der Waals surface area contributed by atoms with Crippen molar-refractivity contribution in [2.75, 3.05) is 0 Å². The van der Waals surface area contributed by atoms with Gasteiger partial charge in [-0.3, -0.25) is 9.59 Å². The van der Waals surface area contributed by atoms with Crippen LogP contribution in [0.5, 0.6) is 0 Å². The topological polar surface area (TPSA) is 74.6 Å². The summed E-state index contributed by atoms with van der Waals surface area (Å²) in [6, 6.07) is 0. The largest absolute Gasteiger partial charge is 0.481 e. The van der Waals surface area contributed by atoms with Crippen LogP contribution in [0, 0.1) is 34.5 Å². The summed E-state index contributed by atoms with van der Waals surface area (Å²) in [7, 11) is 0. The number of ketones is 1. The lowest BCUT2D eigenvalue weighted by Gasteiger charge is -2.60. The quantitative estimate of drug-likeness (QED) is 0.729. The summed E-state index contributed by atoms with van der Waals surface area (Å²) in [4.78, 5) is 23.3.